The van der Waals surface area contributed by atoms with Gasteiger partial charge in [-0.25, -0.2) is 14.4 Å². The maximum atomic E-state index is 14.5. The van der Waals surface area contributed by atoms with Crippen LogP contribution in [0.3, 0.4) is 0 Å². The summed E-state index contributed by atoms with van der Waals surface area (Å²) < 4.78 is 22.0. The first-order valence-corrected chi connectivity index (χ1v) is 11.1. The lowest BCUT2D eigenvalue weighted by Gasteiger charge is -2.32. The number of piperidine rings is 1. The van der Waals surface area contributed by atoms with Crippen LogP contribution in [0.2, 0.25) is 0 Å². The van der Waals surface area contributed by atoms with Gasteiger partial charge in [-0.2, -0.15) is 4.68 Å². The normalized spacial score (nSPS) is 14.4. The Morgan fingerprint density at radius 2 is 1.73 bits per heavy atom. The molecule has 0 saturated carbocycles. The SMILES string of the molecule is CCc1cnc(N2CCC(Oc3ccc(-c4ccc(-n5cnnn5)c(F)c4)cc3)CC2)nc1. The van der Waals surface area contributed by atoms with Gasteiger partial charge in [-0.05, 0) is 57.8 Å². The molecule has 33 heavy (non-hydrogen) atoms. The summed E-state index contributed by atoms with van der Waals surface area (Å²) >= 11 is 0. The maximum Gasteiger partial charge on any atom is 0.225 e. The summed E-state index contributed by atoms with van der Waals surface area (Å²) in [6.45, 7) is 3.82. The average molecular weight is 446 g/mol. The first-order valence-electron chi connectivity index (χ1n) is 11.1. The van der Waals surface area contributed by atoms with E-state index in [0.29, 0.717) is 5.69 Å². The predicted octanol–water partition coefficient (Wildman–Crippen LogP) is 3.87. The van der Waals surface area contributed by atoms with Gasteiger partial charge in [0.2, 0.25) is 5.95 Å². The van der Waals surface area contributed by atoms with E-state index in [2.05, 4.69) is 37.3 Å². The number of anilines is 1. The van der Waals surface area contributed by atoms with E-state index in [-0.39, 0.29) is 11.9 Å². The zero-order chi connectivity index (χ0) is 22.6. The van der Waals surface area contributed by atoms with Crippen LogP contribution in [-0.2, 0) is 6.42 Å². The van der Waals surface area contributed by atoms with E-state index in [1.807, 2.05) is 42.7 Å². The second-order valence-electron chi connectivity index (χ2n) is 7.99. The molecular weight excluding hydrogens is 421 g/mol. The largest absolute Gasteiger partial charge is 0.490 e. The lowest BCUT2D eigenvalue weighted by molar-refractivity contribution is 0.170. The van der Waals surface area contributed by atoms with E-state index in [1.165, 1.54) is 17.1 Å². The molecule has 5 rings (SSSR count). The molecule has 0 atom stereocenters. The summed E-state index contributed by atoms with van der Waals surface area (Å²) in [5.41, 5.74) is 3.14. The average Bonchev–Trinajstić information content (AvgIpc) is 3.40. The zero-order valence-electron chi connectivity index (χ0n) is 18.3. The van der Waals surface area contributed by atoms with Crippen LogP contribution in [0, 0.1) is 5.82 Å². The molecule has 3 heterocycles. The molecule has 0 bridgehead atoms. The van der Waals surface area contributed by atoms with Crippen molar-refractivity contribution in [2.45, 2.75) is 32.3 Å². The molecule has 0 radical (unpaired) electrons. The summed E-state index contributed by atoms with van der Waals surface area (Å²) in [6, 6.07) is 12.7. The molecule has 4 aromatic rings. The number of hydrogen-bond acceptors (Lipinski definition) is 7. The third kappa shape index (κ3) is 4.67. The van der Waals surface area contributed by atoms with Crippen molar-refractivity contribution in [2.75, 3.05) is 18.0 Å². The second kappa shape index (κ2) is 9.32. The van der Waals surface area contributed by atoms with Crippen molar-refractivity contribution in [2.24, 2.45) is 0 Å². The van der Waals surface area contributed by atoms with Crippen molar-refractivity contribution < 1.29 is 9.13 Å². The van der Waals surface area contributed by atoms with Gasteiger partial charge in [-0.3, -0.25) is 0 Å². The first-order chi connectivity index (χ1) is 16.2. The minimum absolute atomic E-state index is 0.148. The number of halogens is 1. The van der Waals surface area contributed by atoms with E-state index >= 15 is 0 Å². The van der Waals surface area contributed by atoms with Crippen molar-refractivity contribution in [3.63, 3.8) is 0 Å². The van der Waals surface area contributed by atoms with Crippen molar-refractivity contribution in [3.05, 3.63) is 72.6 Å². The van der Waals surface area contributed by atoms with Crippen LogP contribution in [0.25, 0.3) is 16.8 Å². The molecular formula is C24H24FN7O. The fraction of sp³-hybridized carbons (Fsp3) is 0.292. The Kier molecular flexibility index (Phi) is 5.93. The van der Waals surface area contributed by atoms with Crippen LogP contribution in [0.15, 0.2) is 61.2 Å². The molecule has 2 aromatic heterocycles. The Labute approximate surface area is 191 Å². The van der Waals surface area contributed by atoms with E-state index < -0.39 is 0 Å². The fourth-order valence-corrected chi connectivity index (χ4v) is 3.93. The highest BCUT2D eigenvalue weighted by Crippen LogP contribution is 2.27. The zero-order valence-corrected chi connectivity index (χ0v) is 18.3. The van der Waals surface area contributed by atoms with Crippen LogP contribution in [0.4, 0.5) is 10.3 Å². The van der Waals surface area contributed by atoms with Crippen LogP contribution < -0.4 is 9.64 Å². The predicted molar refractivity (Wildman–Crippen MR) is 122 cm³/mol. The van der Waals surface area contributed by atoms with Gasteiger partial charge in [-0.15, -0.1) is 5.10 Å². The first kappa shape index (κ1) is 21.0. The number of aromatic nitrogens is 6. The van der Waals surface area contributed by atoms with Crippen molar-refractivity contribution in [3.8, 4) is 22.6 Å². The monoisotopic (exact) mass is 445 g/mol. The maximum absolute atomic E-state index is 14.5. The lowest BCUT2D eigenvalue weighted by atomic mass is 10.0. The number of rotatable bonds is 6. The Morgan fingerprint density at radius 1 is 1.00 bits per heavy atom. The van der Waals surface area contributed by atoms with Gasteiger partial charge in [-0.1, -0.05) is 25.1 Å². The van der Waals surface area contributed by atoms with E-state index in [9.17, 15) is 4.39 Å². The van der Waals surface area contributed by atoms with Gasteiger partial charge in [0.05, 0.1) is 0 Å². The molecule has 1 saturated heterocycles. The number of tetrazole rings is 1. The number of aryl methyl sites for hydroxylation is 1. The van der Waals surface area contributed by atoms with Crippen LogP contribution in [0.5, 0.6) is 5.75 Å². The van der Waals surface area contributed by atoms with Crippen LogP contribution in [-0.4, -0.2) is 49.4 Å². The Hall–Kier alpha value is -3.88. The minimum atomic E-state index is -0.389. The molecule has 0 aliphatic carbocycles. The molecule has 1 fully saturated rings. The minimum Gasteiger partial charge on any atom is -0.490 e. The number of nitrogens with zero attached hydrogens (tertiary/aromatic N) is 7. The van der Waals surface area contributed by atoms with Gasteiger partial charge >= 0.3 is 0 Å². The number of hydrogen-bond donors (Lipinski definition) is 0. The molecule has 8 nitrogen and oxygen atoms in total. The van der Waals surface area contributed by atoms with E-state index in [0.717, 1.165) is 60.7 Å². The number of ether oxygens (including phenoxy) is 1. The highest BCUT2D eigenvalue weighted by Gasteiger charge is 2.22. The summed E-state index contributed by atoms with van der Waals surface area (Å²) in [4.78, 5) is 11.2. The highest BCUT2D eigenvalue weighted by molar-refractivity contribution is 5.65. The van der Waals surface area contributed by atoms with Crippen molar-refractivity contribution in [1.82, 2.24) is 30.2 Å². The quantitative estimate of drug-likeness (QED) is 0.446. The Balaban J connectivity index is 1.19. The summed E-state index contributed by atoms with van der Waals surface area (Å²) in [6.07, 6.45) is 8.07. The van der Waals surface area contributed by atoms with Gasteiger partial charge in [0, 0.05) is 38.3 Å². The highest BCUT2D eigenvalue weighted by atomic mass is 19.1. The topological polar surface area (TPSA) is 81.9 Å². The lowest BCUT2D eigenvalue weighted by Crippen LogP contribution is -2.39. The number of benzene rings is 2. The smallest absolute Gasteiger partial charge is 0.225 e. The summed E-state index contributed by atoms with van der Waals surface area (Å²) in [5, 5.41) is 10.8. The molecule has 0 N–H and O–H groups in total. The molecule has 0 amide bonds. The summed E-state index contributed by atoms with van der Waals surface area (Å²) in [7, 11) is 0. The van der Waals surface area contributed by atoms with Crippen LogP contribution in [0.1, 0.15) is 25.3 Å². The van der Waals surface area contributed by atoms with Gasteiger partial charge in [0.1, 0.15) is 29.7 Å². The Bertz CT molecular complexity index is 1190. The molecule has 9 heteroatoms. The molecule has 2 aromatic carbocycles. The molecule has 1 aliphatic rings. The third-order valence-electron chi connectivity index (χ3n) is 5.86. The Morgan fingerprint density at radius 3 is 2.36 bits per heavy atom. The fourth-order valence-electron chi connectivity index (χ4n) is 3.93. The van der Waals surface area contributed by atoms with Crippen LogP contribution >= 0.6 is 0 Å². The second-order valence-corrected chi connectivity index (χ2v) is 7.99. The van der Waals surface area contributed by atoms with Crippen molar-refractivity contribution in [1.29, 1.82) is 0 Å². The molecule has 0 unspecified atom stereocenters. The van der Waals surface area contributed by atoms with Gasteiger partial charge in [0.15, 0.2) is 0 Å². The van der Waals surface area contributed by atoms with Gasteiger partial charge < -0.3 is 9.64 Å². The van der Waals surface area contributed by atoms with E-state index in [4.69, 9.17) is 4.74 Å². The standard InChI is InChI=1S/C24H24FN7O/c1-2-17-14-26-24(27-15-17)31-11-9-21(10-12-31)33-20-6-3-18(4-7-20)19-5-8-23(22(25)13-19)32-16-28-29-30-32/h3-8,13-16,21H,2,9-12H2,1H3. The van der Waals surface area contributed by atoms with Gasteiger partial charge in [0.25, 0.3) is 0 Å². The molecule has 1 aliphatic heterocycles. The third-order valence-corrected chi connectivity index (χ3v) is 5.86. The molecule has 168 valence electrons. The van der Waals surface area contributed by atoms with Crippen molar-refractivity contribution >= 4 is 5.95 Å². The van der Waals surface area contributed by atoms with E-state index in [1.54, 1.807) is 6.07 Å². The summed E-state index contributed by atoms with van der Waals surface area (Å²) in [5.74, 6) is 1.21. The molecule has 0 spiro atoms.